The van der Waals surface area contributed by atoms with Crippen LogP contribution in [0.2, 0.25) is 0 Å². The summed E-state index contributed by atoms with van der Waals surface area (Å²) in [7, 11) is 0. The zero-order valence-corrected chi connectivity index (χ0v) is 11.1. The van der Waals surface area contributed by atoms with Gasteiger partial charge in [0.15, 0.2) is 17.3 Å². The van der Waals surface area contributed by atoms with Gasteiger partial charge in [-0.25, -0.2) is 14.8 Å². The van der Waals surface area contributed by atoms with Gasteiger partial charge >= 0.3 is 5.97 Å². The number of para-hydroxylation sites is 1. The molecule has 1 aromatic carbocycles. The van der Waals surface area contributed by atoms with Crippen LogP contribution in [0.4, 0.5) is 0 Å². The summed E-state index contributed by atoms with van der Waals surface area (Å²) in [6, 6.07) is 9.27. The number of benzene rings is 1. The Morgan fingerprint density at radius 3 is 2.84 bits per heavy atom. The minimum absolute atomic E-state index is 0.0922. The molecular formula is C13H7BrN2O3. The lowest BCUT2D eigenvalue weighted by atomic mass is 10.2. The van der Waals surface area contributed by atoms with Crippen LogP contribution in [0.25, 0.3) is 22.6 Å². The highest BCUT2D eigenvalue weighted by atomic mass is 79.9. The van der Waals surface area contributed by atoms with Crippen molar-refractivity contribution < 1.29 is 14.3 Å². The number of hydrogen-bond acceptors (Lipinski definition) is 4. The monoisotopic (exact) mass is 318 g/mol. The summed E-state index contributed by atoms with van der Waals surface area (Å²) in [4.78, 5) is 19.1. The van der Waals surface area contributed by atoms with Crippen LogP contribution in [0.5, 0.6) is 0 Å². The Labute approximate surface area is 116 Å². The third-order valence-corrected chi connectivity index (χ3v) is 3.17. The third-order valence-electron chi connectivity index (χ3n) is 2.59. The molecule has 94 valence electrons. The van der Waals surface area contributed by atoms with E-state index in [1.807, 2.05) is 24.3 Å². The average Bonchev–Trinajstić information content (AvgIpc) is 2.82. The van der Waals surface area contributed by atoms with E-state index < -0.39 is 5.97 Å². The normalized spacial score (nSPS) is 10.8. The predicted octanol–water partition coefficient (Wildman–Crippen LogP) is 3.35. The molecule has 0 bridgehead atoms. The fourth-order valence-corrected chi connectivity index (χ4v) is 2.09. The molecule has 0 amide bonds. The summed E-state index contributed by atoms with van der Waals surface area (Å²) < 4.78 is 5.93. The van der Waals surface area contributed by atoms with Crippen molar-refractivity contribution in [1.29, 1.82) is 0 Å². The molecule has 2 heterocycles. The molecule has 6 heteroatoms. The maximum atomic E-state index is 11.0. The van der Waals surface area contributed by atoms with E-state index >= 15 is 0 Å². The molecule has 0 saturated heterocycles. The largest absolute Gasteiger partial charge is 0.476 e. The number of carboxylic acid groups (broad SMARTS) is 1. The molecule has 0 saturated carbocycles. The minimum atomic E-state index is -1.12. The number of hydrogen-bond donors (Lipinski definition) is 1. The van der Waals surface area contributed by atoms with Crippen molar-refractivity contribution in [3.8, 4) is 11.6 Å². The molecular weight excluding hydrogens is 312 g/mol. The van der Waals surface area contributed by atoms with Crippen molar-refractivity contribution in [2.75, 3.05) is 0 Å². The van der Waals surface area contributed by atoms with Crippen LogP contribution < -0.4 is 0 Å². The van der Waals surface area contributed by atoms with Gasteiger partial charge < -0.3 is 9.52 Å². The first-order valence-electron chi connectivity index (χ1n) is 5.40. The van der Waals surface area contributed by atoms with Crippen LogP contribution >= 0.6 is 15.9 Å². The standard InChI is InChI=1S/C13H7BrN2O3/c14-8-6-15-12(16-11(8)13(17)18)10-5-7-3-1-2-4-9(7)19-10/h1-6H,(H,17,18). The molecule has 2 aromatic heterocycles. The molecule has 1 N–H and O–H groups in total. The maximum absolute atomic E-state index is 11.0. The lowest BCUT2D eigenvalue weighted by molar-refractivity contribution is 0.0689. The number of carbonyl (C=O) groups is 1. The molecule has 5 nitrogen and oxygen atoms in total. The highest BCUT2D eigenvalue weighted by molar-refractivity contribution is 9.10. The molecule has 0 aliphatic heterocycles. The van der Waals surface area contributed by atoms with E-state index in [0.717, 1.165) is 5.39 Å². The second-order valence-electron chi connectivity index (χ2n) is 3.84. The van der Waals surface area contributed by atoms with Crippen LogP contribution in [0.1, 0.15) is 10.5 Å². The molecule has 0 spiro atoms. The molecule has 3 aromatic rings. The first kappa shape index (κ1) is 11.9. The first-order valence-corrected chi connectivity index (χ1v) is 6.19. The molecule has 3 rings (SSSR count). The number of carboxylic acids is 1. The molecule has 19 heavy (non-hydrogen) atoms. The number of halogens is 1. The molecule has 0 radical (unpaired) electrons. The van der Waals surface area contributed by atoms with Crippen molar-refractivity contribution in [2.24, 2.45) is 0 Å². The summed E-state index contributed by atoms with van der Waals surface area (Å²) in [5.41, 5.74) is 0.617. The second-order valence-corrected chi connectivity index (χ2v) is 4.70. The van der Waals surface area contributed by atoms with Crippen LogP contribution in [-0.2, 0) is 0 Å². The van der Waals surface area contributed by atoms with E-state index in [-0.39, 0.29) is 11.5 Å². The molecule has 0 fully saturated rings. The third kappa shape index (κ3) is 2.10. The zero-order valence-electron chi connectivity index (χ0n) is 9.50. The van der Waals surface area contributed by atoms with Gasteiger partial charge in [0, 0.05) is 11.6 Å². The van der Waals surface area contributed by atoms with Crippen LogP contribution in [0.3, 0.4) is 0 Å². The summed E-state index contributed by atoms with van der Waals surface area (Å²) in [6.45, 7) is 0. The first-order chi connectivity index (χ1) is 9.15. The van der Waals surface area contributed by atoms with E-state index in [1.165, 1.54) is 6.20 Å². The number of furan rings is 1. The van der Waals surface area contributed by atoms with E-state index in [1.54, 1.807) is 6.07 Å². The van der Waals surface area contributed by atoms with Gasteiger partial charge in [-0.05, 0) is 28.1 Å². The summed E-state index contributed by atoms with van der Waals surface area (Å²) in [5.74, 6) is -0.431. The van der Waals surface area contributed by atoms with Gasteiger partial charge in [0.25, 0.3) is 0 Å². The van der Waals surface area contributed by atoms with E-state index in [2.05, 4.69) is 25.9 Å². The van der Waals surface area contributed by atoms with Crippen LogP contribution in [-0.4, -0.2) is 21.0 Å². The zero-order chi connectivity index (χ0) is 13.4. The Balaban J connectivity index is 2.16. The fourth-order valence-electron chi connectivity index (χ4n) is 1.73. The van der Waals surface area contributed by atoms with Crippen molar-refractivity contribution in [3.05, 3.63) is 46.7 Å². The summed E-state index contributed by atoms with van der Waals surface area (Å²) in [5, 5.41) is 9.94. The van der Waals surface area contributed by atoms with Gasteiger partial charge in [0.05, 0.1) is 4.47 Å². The number of aromatic nitrogens is 2. The Kier molecular flexibility index (Phi) is 2.79. The number of rotatable bonds is 2. The smallest absolute Gasteiger partial charge is 0.355 e. The average molecular weight is 319 g/mol. The van der Waals surface area contributed by atoms with Crippen molar-refractivity contribution in [2.45, 2.75) is 0 Å². The molecule has 0 atom stereocenters. The minimum Gasteiger partial charge on any atom is -0.476 e. The topological polar surface area (TPSA) is 76.2 Å². The molecule has 0 aliphatic rings. The van der Waals surface area contributed by atoms with Gasteiger partial charge in [-0.1, -0.05) is 18.2 Å². The highest BCUT2D eigenvalue weighted by Gasteiger charge is 2.15. The van der Waals surface area contributed by atoms with Crippen LogP contribution in [0, 0.1) is 0 Å². The van der Waals surface area contributed by atoms with Crippen molar-refractivity contribution >= 4 is 32.9 Å². The Morgan fingerprint density at radius 2 is 2.11 bits per heavy atom. The highest BCUT2D eigenvalue weighted by Crippen LogP contribution is 2.26. The lowest BCUT2D eigenvalue weighted by Gasteiger charge is -1.99. The number of aromatic carboxylic acids is 1. The second kappa shape index (κ2) is 4.47. The van der Waals surface area contributed by atoms with Gasteiger partial charge in [0.2, 0.25) is 0 Å². The lowest BCUT2D eigenvalue weighted by Crippen LogP contribution is -2.03. The Bertz CT molecular complexity index is 749. The summed E-state index contributed by atoms with van der Waals surface area (Å²) >= 11 is 3.10. The Hall–Kier alpha value is -2.21. The van der Waals surface area contributed by atoms with Gasteiger partial charge in [0.1, 0.15) is 5.58 Å². The van der Waals surface area contributed by atoms with Crippen molar-refractivity contribution in [1.82, 2.24) is 9.97 Å². The maximum Gasteiger partial charge on any atom is 0.355 e. The number of nitrogens with zero attached hydrogens (tertiary/aromatic N) is 2. The molecule has 0 aliphatic carbocycles. The van der Waals surface area contributed by atoms with Gasteiger partial charge in [-0.15, -0.1) is 0 Å². The Morgan fingerprint density at radius 1 is 1.32 bits per heavy atom. The summed E-state index contributed by atoms with van der Waals surface area (Å²) in [6.07, 6.45) is 1.40. The van der Waals surface area contributed by atoms with E-state index in [0.29, 0.717) is 15.8 Å². The van der Waals surface area contributed by atoms with Gasteiger partial charge in [-0.2, -0.15) is 0 Å². The van der Waals surface area contributed by atoms with E-state index in [9.17, 15) is 4.79 Å². The fraction of sp³-hybridized carbons (Fsp3) is 0. The van der Waals surface area contributed by atoms with Crippen LogP contribution in [0.15, 0.2) is 45.4 Å². The quantitative estimate of drug-likeness (QED) is 0.784. The predicted molar refractivity (Wildman–Crippen MR) is 71.9 cm³/mol. The van der Waals surface area contributed by atoms with Crippen molar-refractivity contribution in [3.63, 3.8) is 0 Å². The SMILES string of the molecule is O=C(O)c1nc(-c2cc3ccccc3o2)ncc1Br. The van der Waals surface area contributed by atoms with Gasteiger partial charge in [-0.3, -0.25) is 0 Å². The van der Waals surface area contributed by atoms with E-state index in [4.69, 9.17) is 9.52 Å². The number of fused-ring (bicyclic) bond motifs is 1. The molecule has 0 unspecified atom stereocenters.